The molecule has 2 aromatic rings. The lowest BCUT2D eigenvalue weighted by Gasteiger charge is -1.98. The van der Waals surface area contributed by atoms with Crippen LogP contribution in [0.1, 0.15) is 5.56 Å². The average molecular weight is 240 g/mol. The predicted octanol–water partition coefficient (Wildman–Crippen LogP) is 2.48. The van der Waals surface area contributed by atoms with Gasteiger partial charge in [0.2, 0.25) is 0 Å². The summed E-state index contributed by atoms with van der Waals surface area (Å²) in [5.41, 5.74) is 1.66. The molecule has 5 nitrogen and oxygen atoms in total. The first-order valence-corrected chi connectivity index (χ1v) is 5.29. The van der Waals surface area contributed by atoms with E-state index in [0.717, 1.165) is 5.56 Å². The van der Waals surface area contributed by atoms with E-state index in [2.05, 4.69) is 4.85 Å². The molecule has 0 aliphatic heterocycles. The zero-order valence-corrected chi connectivity index (χ0v) is 9.48. The zero-order valence-electron chi connectivity index (χ0n) is 9.48. The Morgan fingerprint density at radius 1 is 1.17 bits per heavy atom. The van der Waals surface area contributed by atoms with Crippen molar-refractivity contribution in [3.63, 3.8) is 0 Å². The number of non-ortho nitro benzene ring substituents is 1. The molecular weight excluding hydrogens is 230 g/mol. The lowest BCUT2D eigenvalue weighted by Crippen LogP contribution is -2.32. The predicted molar refractivity (Wildman–Crippen MR) is 65.1 cm³/mol. The highest BCUT2D eigenvalue weighted by Crippen LogP contribution is 2.12. The Labute approximate surface area is 104 Å². The van der Waals surface area contributed by atoms with E-state index >= 15 is 0 Å². The van der Waals surface area contributed by atoms with Crippen molar-refractivity contribution in [2.75, 3.05) is 0 Å². The molecule has 0 radical (unpaired) electrons. The van der Waals surface area contributed by atoms with E-state index in [1.165, 1.54) is 12.1 Å². The third-order valence-corrected chi connectivity index (χ3v) is 2.51. The van der Waals surface area contributed by atoms with Crippen LogP contribution in [0.25, 0.3) is 4.85 Å². The zero-order chi connectivity index (χ0) is 13.0. The van der Waals surface area contributed by atoms with Crippen LogP contribution >= 0.6 is 0 Å². The Morgan fingerprint density at radius 2 is 1.78 bits per heavy atom. The van der Waals surface area contributed by atoms with Gasteiger partial charge in [-0.05, 0) is 12.1 Å². The van der Waals surface area contributed by atoms with Gasteiger partial charge >= 0.3 is 0 Å². The van der Waals surface area contributed by atoms with E-state index in [1.54, 1.807) is 24.3 Å². The van der Waals surface area contributed by atoms with Gasteiger partial charge in [-0.2, -0.15) is 0 Å². The Morgan fingerprint density at radius 3 is 2.28 bits per heavy atom. The summed E-state index contributed by atoms with van der Waals surface area (Å²) in [7, 11) is 0. The number of aromatic nitrogens is 1. The van der Waals surface area contributed by atoms with Crippen LogP contribution in [0.15, 0.2) is 48.8 Å². The molecule has 0 amide bonds. The molecule has 0 aliphatic rings. The molecule has 0 saturated carbocycles. The van der Waals surface area contributed by atoms with Gasteiger partial charge in [0.25, 0.3) is 5.69 Å². The van der Waals surface area contributed by atoms with Crippen LogP contribution in [0.3, 0.4) is 0 Å². The maximum atomic E-state index is 10.5. The molecule has 88 valence electrons. The van der Waals surface area contributed by atoms with Gasteiger partial charge in [-0.3, -0.25) is 10.1 Å². The van der Waals surface area contributed by atoms with Crippen LogP contribution in [-0.2, 0) is 6.54 Å². The minimum absolute atomic E-state index is 0.0899. The van der Waals surface area contributed by atoms with Crippen LogP contribution in [0.4, 0.5) is 11.4 Å². The number of nitrogens with zero attached hydrogens (tertiary/aromatic N) is 3. The SMILES string of the molecule is [C-]#[N+]c1cc[n+](Cc2ccc([N+](=O)[O-])cc2)cc1. The normalized spacial score (nSPS) is 9.72. The Bertz CT molecular complexity index is 598. The fourth-order valence-corrected chi connectivity index (χ4v) is 1.56. The molecule has 0 spiro atoms. The van der Waals surface area contributed by atoms with E-state index in [4.69, 9.17) is 6.57 Å². The average Bonchev–Trinajstić information content (AvgIpc) is 2.40. The summed E-state index contributed by atoms with van der Waals surface area (Å²) in [6.07, 6.45) is 3.63. The Kier molecular flexibility index (Phi) is 3.30. The van der Waals surface area contributed by atoms with E-state index in [9.17, 15) is 10.1 Å². The summed E-state index contributed by atoms with van der Waals surface area (Å²) in [6.45, 7) is 7.47. The number of rotatable bonds is 3. The molecule has 0 fully saturated rings. The van der Waals surface area contributed by atoms with E-state index < -0.39 is 4.92 Å². The summed E-state index contributed by atoms with van der Waals surface area (Å²) < 4.78 is 1.91. The first kappa shape index (κ1) is 11.7. The standard InChI is InChI=1S/C13H10N3O2/c1-14-12-6-8-15(9-7-12)10-11-2-4-13(5-3-11)16(17)18/h2-9H,10H2/q+1. The molecule has 0 atom stereocenters. The van der Waals surface area contributed by atoms with Gasteiger partial charge in [-0.15, -0.1) is 0 Å². The maximum absolute atomic E-state index is 10.5. The van der Waals surface area contributed by atoms with E-state index in [1.807, 2.05) is 17.0 Å². The van der Waals surface area contributed by atoms with Crippen LogP contribution in [-0.4, -0.2) is 4.92 Å². The van der Waals surface area contributed by atoms with Crippen LogP contribution in [0.5, 0.6) is 0 Å². The molecule has 2 rings (SSSR count). The van der Waals surface area contributed by atoms with E-state index in [0.29, 0.717) is 12.2 Å². The summed E-state index contributed by atoms with van der Waals surface area (Å²) in [5, 5.41) is 10.5. The second-order valence-electron chi connectivity index (χ2n) is 3.76. The quantitative estimate of drug-likeness (QED) is 0.358. The number of hydrogen-bond acceptors (Lipinski definition) is 2. The highest BCUT2D eigenvalue weighted by Gasteiger charge is 2.07. The lowest BCUT2D eigenvalue weighted by molar-refractivity contribution is -0.688. The molecule has 1 heterocycles. The summed E-state index contributed by atoms with van der Waals surface area (Å²) >= 11 is 0. The second-order valence-corrected chi connectivity index (χ2v) is 3.76. The van der Waals surface area contributed by atoms with Gasteiger partial charge in [0, 0.05) is 29.8 Å². The van der Waals surface area contributed by atoms with Crippen molar-refractivity contribution >= 4 is 11.4 Å². The molecular formula is C13H10N3O2+. The molecule has 1 aromatic heterocycles. The van der Waals surface area contributed by atoms with Crippen molar-refractivity contribution in [3.8, 4) is 0 Å². The Balaban J connectivity index is 2.13. The van der Waals surface area contributed by atoms with Gasteiger partial charge in [-0.25, -0.2) is 9.41 Å². The van der Waals surface area contributed by atoms with Crippen molar-refractivity contribution in [2.45, 2.75) is 6.54 Å². The summed E-state index contributed by atoms with van der Waals surface area (Å²) in [4.78, 5) is 13.4. The maximum Gasteiger partial charge on any atom is 0.269 e. The number of pyridine rings is 1. The van der Waals surface area contributed by atoms with Crippen molar-refractivity contribution < 1.29 is 9.49 Å². The minimum Gasteiger partial charge on any atom is -0.258 e. The largest absolute Gasteiger partial charge is 0.269 e. The molecule has 0 saturated heterocycles. The third kappa shape index (κ3) is 2.68. The lowest BCUT2D eigenvalue weighted by atomic mass is 10.2. The molecule has 18 heavy (non-hydrogen) atoms. The topological polar surface area (TPSA) is 51.4 Å². The first-order valence-electron chi connectivity index (χ1n) is 5.29. The van der Waals surface area contributed by atoms with Gasteiger partial charge in [0.15, 0.2) is 24.6 Å². The number of hydrogen-bond donors (Lipinski definition) is 0. The van der Waals surface area contributed by atoms with Gasteiger partial charge in [0.05, 0.1) is 11.5 Å². The van der Waals surface area contributed by atoms with Crippen LogP contribution in [0.2, 0.25) is 0 Å². The van der Waals surface area contributed by atoms with Gasteiger partial charge in [-0.1, -0.05) is 0 Å². The van der Waals surface area contributed by atoms with Crippen molar-refractivity contribution in [1.29, 1.82) is 0 Å². The number of nitro groups is 1. The fraction of sp³-hybridized carbons (Fsp3) is 0.0769. The highest BCUT2D eigenvalue weighted by molar-refractivity contribution is 5.40. The second kappa shape index (κ2) is 5.06. The van der Waals surface area contributed by atoms with E-state index in [-0.39, 0.29) is 5.69 Å². The Hall–Kier alpha value is -2.74. The van der Waals surface area contributed by atoms with Crippen molar-refractivity contribution in [2.24, 2.45) is 0 Å². The molecule has 5 heteroatoms. The van der Waals surface area contributed by atoms with Crippen molar-refractivity contribution in [3.05, 3.63) is 75.9 Å². The smallest absolute Gasteiger partial charge is 0.258 e. The fourth-order valence-electron chi connectivity index (χ4n) is 1.56. The van der Waals surface area contributed by atoms with Gasteiger partial charge in [0.1, 0.15) is 0 Å². The highest BCUT2D eigenvalue weighted by atomic mass is 16.6. The van der Waals surface area contributed by atoms with Crippen molar-refractivity contribution in [1.82, 2.24) is 0 Å². The first-order chi connectivity index (χ1) is 8.69. The van der Waals surface area contributed by atoms with Gasteiger partial charge < -0.3 is 0 Å². The minimum atomic E-state index is -0.415. The number of benzene rings is 1. The van der Waals surface area contributed by atoms with Crippen LogP contribution in [0, 0.1) is 16.7 Å². The molecule has 0 bridgehead atoms. The molecule has 1 aromatic carbocycles. The summed E-state index contributed by atoms with van der Waals surface area (Å²) in [6, 6.07) is 9.91. The molecule has 0 unspecified atom stereocenters. The molecule has 0 aliphatic carbocycles. The molecule has 0 N–H and O–H groups in total. The van der Waals surface area contributed by atoms with Crippen LogP contribution < -0.4 is 4.57 Å². The monoisotopic (exact) mass is 240 g/mol. The number of nitro benzene ring substituents is 1. The third-order valence-electron chi connectivity index (χ3n) is 2.51. The summed E-state index contributed by atoms with van der Waals surface area (Å²) in [5.74, 6) is 0.